The number of hydrogen-bond acceptors (Lipinski definition) is 7. The molecule has 42 heavy (non-hydrogen) atoms. The molecule has 0 saturated carbocycles. The number of para-hydroxylation sites is 1. The summed E-state index contributed by atoms with van der Waals surface area (Å²) in [6.07, 6.45) is 3.66. The van der Waals surface area contributed by atoms with E-state index in [1.54, 1.807) is 18.5 Å². The number of aromatic nitrogens is 3. The number of carbonyl (C=O) groups excluding carboxylic acids is 1. The third kappa shape index (κ3) is 4.86. The third-order valence-corrected chi connectivity index (χ3v) is 7.86. The van der Waals surface area contributed by atoms with Gasteiger partial charge in [0.25, 0.3) is 5.91 Å². The highest BCUT2D eigenvalue weighted by molar-refractivity contribution is 6.32. The van der Waals surface area contributed by atoms with Gasteiger partial charge in [0, 0.05) is 43.5 Å². The molecule has 0 aliphatic carbocycles. The molecule has 0 radical (unpaired) electrons. The van der Waals surface area contributed by atoms with Gasteiger partial charge in [-0.1, -0.05) is 54.1 Å². The van der Waals surface area contributed by atoms with Crippen molar-refractivity contribution < 1.29 is 19.0 Å². The summed E-state index contributed by atoms with van der Waals surface area (Å²) in [6.45, 7) is 2.25. The maximum atomic E-state index is 13.5. The van der Waals surface area contributed by atoms with Crippen molar-refractivity contribution in [2.45, 2.75) is 0 Å². The van der Waals surface area contributed by atoms with E-state index >= 15 is 0 Å². The fraction of sp³-hybridized carbons (Fsp3) is 0.219. The van der Waals surface area contributed by atoms with Crippen LogP contribution in [0.25, 0.3) is 27.8 Å². The second-order valence-corrected chi connectivity index (χ2v) is 10.2. The van der Waals surface area contributed by atoms with Crippen LogP contribution in [-0.4, -0.2) is 72.9 Å². The smallest absolute Gasteiger partial charge is 0.254 e. The Morgan fingerprint density at radius 3 is 2.14 bits per heavy atom. The normalized spacial score (nSPS) is 13.3. The highest BCUT2D eigenvalue weighted by Gasteiger charge is 2.28. The van der Waals surface area contributed by atoms with E-state index in [-0.39, 0.29) is 5.91 Å². The maximum absolute atomic E-state index is 13.5. The van der Waals surface area contributed by atoms with Crippen molar-refractivity contribution in [3.8, 4) is 34.1 Å². The zero-order valence-electron chi connectivity index (χ0n) is 23.6. The van der Waals surface area contributed by atoms with Gasteiger partial charge in [-0.05, 0) is 29.8 Å². The summed E-state index contributed by atoms with van der Waals surface area (Å²) in [5, 5.41) is 1.57. The van der Waals surface area contributed by atoms with Gasteiger partial charge in [-0.25, -0.2) is 9.97 Å². The van der Waals surface area contributed by atoms with Crippen LogP contribution in [0.4, 0.5) is 5.82 Å². The van der Waals surface area contributed by atoms with E-state index in [0.717, 1.165) is 33.7 Å². The van der Waals surface area contributed by atoms with Gasteiger partial charge in [0.2, 0.25) is 5.75 Å². The van der Waals surface area contributed by atoms with Crippen LogP contribution in [0.15, 0.2) is 79.3 Å². The van der Waals surface area contributed by atoms with E-state index in [9.17, 15) is 4.79 Å². The van der Waals surface area contributed by atoms with Gasteiger partial charge < -0.3 is 24.0 Å². The summed E-state index contributed by atoms with van der Waals surface area (Å²) in [5.74, 6) is 2.06. The number of nitrogens with zero attached hydrogens (tertiary/aromatic N) is 5. The van der Waals surface area contributed by atoms with Gasteiger partial charge in [0.15, 0.2) is 17.1 Å². The molecule has 3 aromatic carbocycles. The van der Waals surface area contributed by atoms with Gasteiger partial charge >= 0.3 is 0 Å². The fourth-order valence-corrected chi connectivity index (χ4v) is 5.69. The number of fused-ring (bicyclic) bond motifs is 1. The zero-order chi connectivity index (χ0) is 29.2. The molecule has 1 amide bonds. The average molecular weight is 584 g/mol. The highest BCUT2D eigenvalue weighted by atomic mass is 35.5. The Bertz CT molecular complexity index is 1720. The summed E-state index contributed by atoms with van der Waals surface area (Å²) in [5.41, 5.74) is 4.16. The van der Waals surface area contributed by atoms with Gasteiger partial charge in [-0.3, -0.25) is 9.36 Å². The van der Waals surface area contributed by atoms with E-state index in [2.05, 4.69) is 23.2 Å². The molecule has 3 heterocycles. The zero-order valence-corrected chi connectivity index (χ0v) is 24.3. The number of benzene rings is 3. The first-order valence-electron chi connectivity index (χ1n) is 13.5. The molecule has 0 bridgehead atoms. The van der Waals surface area contributed by atoms with Crippen molar-refractivity contribution in [1.82, 2.24) is 19.4 Å². The Morgan fingerprint density at radius 2 is 1.50 bits per heavy atom. The first-order chi connectivity index (χ1) is 20.5. The first-order valence-corrected chi connectivity index (χ1v) is 13.9. The molecular formula is C32H30ClN5O4. The average Bonchev–Trinajstić information content (AvgIpc) is 3.44. The number of methoxy groups -OCH3 is 3. The van der Waals surface area contributed by atoms with Gasteiger partial charge in [0.05, 0.1) is 37.4 Å². The minimum absolute atomic E-state index is 0.100. The number of hydrogen-bond donors (Lipinski definition) is 0. The second kappa shape index (κ2) is 11.6. The minimum atomic E-state index is -0.100. The number of ether oxygens (including phenoxy) is 3. The summed E-state index contributed by atoms with van der Waals surface area (Å²) < 4.78 is 18.3. The van der Waals surface area contributed by atoms with Crippen molar-refractivity contribution in [2.24, 2.45) is 0 Å². The van der Waals surface area contributed by atoms with Crippen LogP contribution in [0.2, 0.25) is 5.02 Å². The van der Waals surface area contributed by atoms with Crippen LogP contribution in [0.1, 0.15) is 10.4 Å². The molecule has 2 aromatic heterocycles. The quantitative estimate of drug-likeness (QED) is 0.242. The van der Waals surface area contributed by atoms with E-state index in [1.165, 1.54) is 21.3 Å². The molecule has 0 N–H and O–H groups in total. The topological polar surface area (TPSA) is 82.0 Å². The number of carbonyl (C=O) groups is 1. The Morgan fingerprint density at radius 1 is 0.833 bits per heavy atom. The van der Waals surface area contributed by atoms with Crippen LogP contribution < -0.4 is 19.1 Å². The first kappa shape index (κ1) is 27.4. The van der Waals surface area contributed by atoms with Crippen LogP contribution in [-0.2, 0) is 0 Å². The lowest BCUT2D eigenvalue weighted by Gasteiger charge is -2.36. The van der Waals surface area contributed by atoms with E-state index in [4.69, 9.17) is 35.8 Å². The monoisotopic (exact) mass is 583 g/mol. The molecule has 1 aliphatic heterocycles. The van der Waals surface area contributed by atoms with Gasteiger partial charge in [-0.2, -0.15) is 0 Å². The molecule has 5 aromatic rings. The Hall–Kier alpha value is -4.76. The number of rotatable bonds is 7. The van der Waals surface area contributed by atoms with Gasteiger partial charge in [0.1, 0.15) is 12.1 Å². The Labute approximate surface area is 248 Å². The predicted octanol–water partition coefficient (Wildman–Crippen LogP) is 5.73. The maximum Gasteiger partial charge on any atom is 0.254 e. The lowest BCUT2D eigenvalue weighted by atomic mass is 10.1. The summed E-state index contributed by atoms with van der Waals surface area (Å²) in [7, 11) is 4.61. The SMILES string of the molecule is COc1cc(C(=O)N2CCN(c3ncnc4c3c(-c3ccccc3)cn4-c3ccccc3Cl)CC2)cc(OC)c1OC. The summed E-state index contributed by atoms with van der Waals surface area (Å²) in [6, 6.07) is 21.3. The lowest BCUT2D eigenvalue weighted by Crippen LogP contribution is -2.49. The number of halogens is 1. The Kier molecular flexibility index (Phi) is 7.58. The molecule has 1 saturated heterocycles. The van der Waals surface area contributed by atoms with Crippen molar-refractivity contribution in [1.29, 1.82) is 0 Å². The molecule has 0 unspecified atom stereocenters. The number of amides is 1. The van der Waals surface area contributed by atoms with Crippen LogP contribution >= 0.6 is 11.6 Å². The van der Waals surface area contributed by atoms with E-state index in [0.29, 0.717) is 54.0 Å². The van der Waals surface area contributed by atoms with Crippen molar-refractivity contribution >= 4 is 34.4 Å². The largest absolute Gasteiger partial charge is 0.493 e. The third-order valence-electron chi connectivity index (χ3n) is 7.54. The van der Waals surface area contributed by atoms with E-state index in [1.807, 2.05) is 51.9 Å². The van der Waals surface area contributed by atoms with Crippen molar-refractivity contribution in [3.05, 3.63) is 89.8 Å². The molecule has 9 nitrogen and oxygen atoms in total. The molecule has 0 spiro atoms. The van der Waals surface area contributed by atoms with Crippen molar-refractivity contribution in [3.63, 3.8) is 0 Å². The van der Waals surface area contributed by atoms with Crippen LogP contribution in [0.5, 0.6) is 17.2 Å². The second-order valence-electron chi connectivity index (χ2n) is 9.82. The fourth-order valence-electron chi connectivity index (χ4n) is 5.46. The number of piperazine rings is 1. The van der Waals surface area contributed by atoms with E-state index < -0.39 is 0 Å². The molecule has 214 valence electrons. The minimum Gasteiger partial charge on any atom is -0.493 e. The molecule has 1 fully saturated rings. The van der Waals surface area contributed by atoms with Crippen LogP contribution in [0, 0.1) is 0 Å². The lowest BCUT2D eigenvalue weighted by molar-refractivity contribution is 0.0745. The van der Waals surface area contributed by atoms with Gasteiger partial charge in [-0.15, -0.1) is 0 Å². The number of anilines is 1. The molecule has 0 atom stereocenters. The van der Waals surface area contributed by atoms with Crippen molar-refractivity contribution in [2.75, 3.05) is 52.4 Å². The standard InChI is InChI=1S/C32H30ClN5O4/c1-40-26-17-22(18-27(41-2)29(26)42-3)32(39)37-15-13-36(14-16-37)30-28-23(21-9-5-4-6-10-21)19-38(31(28)35-20-34-30)25-12-8-7-11-24(25)33/h4-12,17-20H,13-16H2,1-3H3. The molecule has 10 heteroatoms. The molecule has 1 aliphatic rings. The van der Waals surface area contributed by atoms with Crippen LogP contribution in [0.3, 0.4) is 0 Å². The summed E-state index contributed by atoms with van der Waals surface area (Å²) >= 11 is 6.62. The summed E-state index contributed by atoms with van der Waals surface area (Å²) in [4.78, 5) is 27.0. The molecular weight excluding hydrogens is 554 g/mol. The Balaban J connectivity index is 1.33. The molecule has 6 rings (SSSR count). The predicted molar refractivity (Wildman–Crippen MR) is 164 cm³/mol. The highest BCUT2D eigenvalue weighted by Crippen LogP contribution is 2.40.